The van der Waals surface area contributed by atoms with Gasteiger partial charge < -0.3 is 9.42 Å². The van der Waals surface area contributed by atoms with E-state index in [4.69, 9.17) is 4.52 Å². The molecule has 3 aromatic rings. The van der Waals surface area contributed by atoms with E-state index in [-0.39, 0.29) is 5.91 Å². The summed E-state index contributed by atoms with van der Waals surface area (Å²) < 4.78 is 5.29. The van der Waals surface area contributed by atoms with Crippen molar-refractivity contribution in [3.8, 4) is 11.3 Å². The summed E-state index contributed by atoms with van der Waals surface area (Å²) in [5.74, 6) is 0.471. The maximum absolute atomic E-state index is 12.9. The summed E-state index contributed by atoms with van der Waals surface area (Å²) in [6.45, 7) is 4.42. The van der Waals surface area contributed by atoms with Crippen molar-refractivity contribution in [1.82, 2.24) is 10.1 Å². The highest BCUT2D eigenvalue weighted by atomic mass is 32.1. The maximum Gasteiger partial charge on any atom is 0.259 e. The van der Waals surface area contributed by atoms with Crippen molar-refractivity contribution in [3.63, 3.8) is 0 Å². The van der Waals surface area contributed by atoms with Gasteiger partial charge in [-0.3, -0.25) is 4.79 Å². The number of hydrogen-bond acceptors (Lipinski definition) is 4. The van der Waals surface area contributed by atoms with Crippen LogP contribution < -0.4 is 0 Å². The molecule has 0 aliphatic carbocycles. The van der Waals surface area contributed by atoms with Crippen molar-refractivity contribution < 1.29 is 9.32 Å². The molecule has 118 valence electrons. The van der Waals surface area contributed by atoms with Crippen molar-refractivity contribution in [2.75, 3.05) is 7.05 Å². The largest absolute Gasteiger partial charge is 0.360 e. The Hall–Kier alpha value is -2.40. The van der Waals surface area contributed by atoms with E-state index < -0.39 is 0 Å². The standard InChI is InChI=1S/C18H18N2O2S/c1-12-9-10-23-15(12)11-20(3)18(21)16-13(2)22-19-17(16)14-7-5-4-6-8-14/h4-10H,11H2,1-3H3. The SMILES string of the molecule is Cc1ccsc1CN(C)C(=O)c1c(-c2ccccc2)noc1C. The Kier molecular flexibility index (Phi) is 4.30. The summed E-state index contributed by atoms with van der Waals surface area (Å²) in [5.41, 5.74) is 3.23. The predicted octanol–water partition coefficient (Wildman–Crippen LogP) is 4.29. The average Bonchev–Trinajstić information content (AvgIpc) is 3.13. The molecule has 1 amide bonds. The number of nitrogens with zero attached hydrogens (tertiary/aromatic N) is 2. The van der Waals surface area contributed by atoms with Gasteiger partial charge in [-0.15, -0.1) is 11.3 Å². The minimum atomic E-state index is -0.0737. The summed E-state index contributed by atoms with van der Waals surface area (Å²) in [4.78, 5) is 15.8. The van der Waals surface area contributed by atoms with Gasteiger partial charge >= 0.3 is 0 Å². The summed E-state index contributed by atoms with van der Waals surface area (Å²) in [6, 6.07) is 11.7. The van der Waals surface area contributed by atoms with Crippen LogP contribution in [0.1, 0.15) is 26.6 Å². The van der Waals surface area contributed by atoms with E-state index in [2.05, 4.69) is 18.1 Å². The first-order valence-corrected chi connectivity index (χ1v) is 8.26. The minimum Gasteiger partial charge on any atom is -0.360 e. The summed E-state index contributed by atoms with van der Waals surface area (Å²) in [6.07, 6.45) is 0. The second kappa shape index (κ2) is 6.38. The van der Waals surface area contributed by atoms with Gasteiger partial charge in [-0.1, -0.05) is 35.5 Å². The number of hydrogen-bond donors (Lipinski definition) is 0. The number of thiophene rings is 1. The van der Waals surface area contributed by atoms with Crippen LogP contribution in [0.5, 0.6) is 0 Å². The van der Waals surface area contributed by atoms with E-state index in [1.807, 2.05) is 42.8 Å². The molecule has 3 rings (SSSR count). The lowest BCUT2D eigenvalue weighted by molar-refractivity contribution is 0.0785. The smallest absolute Gasteiger partial charge is 0.259 e. The highest BCUT2D eigenvalue weighted by molar-refractivity contribution is 7.10. The molecule has 0 aliphatic heterocycles. The van der Waals surface area contributed by atoms with Crippen molar-refractivity contribution in [1.29, 1.82) is 0 Å². The van der Waals surface area contributed by atoms with Crippen LogP contribution in [0.15, 0.2) is 46.3 Å². The zero-order chi connectivity index (χ0) is 16.4. The highest BCUT2D eigenvalue weighted by Gasteiger charge is 2.24. The molecule has 0 saturated carbocycles. The molecule has 0 aliphatic rings. The molecule has 5 heteroatoms. The number of rotatable bonds is 4. The van der Waals surface area contributed by atoms with E-state index >= 15 is 0 Å². The molecule has 0 spiro atoms. The van der Waals surface area contributed by atoms with Crippen molar-refractivity contribution in [3.05, 3.63) is 63.5 Å². The normalized spacial score (nSPS) is 10.7. The molecule has 0 N–H and O–H groups in total. The second-order valence-electron chi connectivity index (χ2n) is 5.52. The first-order valence-electron chi connectivity index (χ1n) is 7.38. The molecule has 23 heavy (non-hydrogen) atoms. The quantitative estimate of drug-likeness (QED) is 0.718. The van der Waals surface area contributed by atoms with Crippen LogP contribution >= 0.6 is 11.3 Å². The van der Waals surface area contributed by atoms with Gasteiger partial charge in [0.15, 0.2) is 0 Å². The Morgan fingerprint density at radius 2 is 1.96 bits per heavy atom. The third kappa shape index (κ3) is 3.05. The molecule has 0 atom stereocenters. The van der Waals surface area contributed by atoms with Crippen LogP contribution in [-0.2, 0) is 6.54 Å². The van der Waals surface area contributed by atoms with E-state index in [9.17, 15) is 4.79 Å². The molecule has 0 saturated heterocycles. The Bertz CT molecular complexity index is 821. The van der Waals surface area contributed by atoms with Gasteiger partial charge in [-0.2, -0.15) is 0 Å². The van der Waals surface area contributed by atoms with Crippen LogP contribution in [0.3, 0.4) is 0 Å². The second-order valence-corrected chi connectivity index (χ2v) is 6.52. The van der Waals surface area contributed by atoms with Crippen LogP contribution in [0.2, 0.25) is 0 Å². The molecule has 0 radical (unpaired) electrons. The number of carbonyl (C=O) groups excluding carboxylic acids is 1. The Balaban J connectivity index is 1.91. The van der Waals surface area contributed by atoms with E-state index in [0.29, 0.717) is 23.6 Å². The number of aryl methyl sites for hydroxylation is 2. The maximum atomic E-state index is 12.9. The lowest BCUT2D eigenvalue weighted by Crippen LogP contribution is -2.26. The highest BCUT2D eigenvalue weighted by Crippen LogP contribution is 2.27. The van der Waals surface area contributed by atoms with Crippen LogP contribution in [0.25, 0.3) is 11.3 Å². The third-order valence-electron chi connectivity index (χ3n) is 3.82. The fraction of sp³-hybridized carbons (Fsp3) is 0.222. The zero-order valence-electron chi connectivity index (χ0n) is 13.4. The topological polar surface area (TPSA) is 46.3 Å². The number of amides is 1. The fourth-order valence-corrected chi connectivity index (χ4v) is 3.42. The molecule has 4 nitrogen and oxygen atoms in total. The zero-order valence-corrected chi connectivity index (χ0v) is 14.2. The number of carbonyl (C=O) groups is 1. The van der Waals surface area contributed by atoms with Gasteiger partial charge in [0.2, 0.25) is 0 Å². The molecule has 0 bridgehead atoms. The molecule has 1 aromatic carbocycles. The predicted molar refractivity (Wildman–Crippen MR) is 91.5 cm³/mol. The van der Waals surface area contributed by atoms with E-state index in [0.717, 1.165) is 5.56 Å². The van der Waals surface area contributed by atoms with Gasteiger partial charge in [0.1, 0.15) is 17.0 Å². The van der Waals surface area contributed by atoms with Crippen molar-refractivity contribution >= 4 is 17.2 Å². The minimum absolute atomic E-state index is 0.0737. The van der Waals surface area contributed by atoms with Crippen LogP contribution in [0.4, 0.5) is 0 Å². The first-order chi connectivity index (χ1) is 11.1. The average molecular weight is 326 g/mol. The fourth-order valence-electron chi connectivity index (χ4n) is 2.46. The Morgan fingerprint density at radius 3 is 2.61 bits per heavy atom. The molecule has 2 heterocycles. The van der Waals surface area contributed by atoms with Crippen LogP contribution in [0, 0.1) is 13.8 Å². The molecular formula is C18H18N2O2S. The number of benzene rings is 1. The van der Waals surface area contributed by atoms with Crippen LogP contribution in [-0.4, -0.2) is 23.0 Å². The molecule has 2 aromatic heterocycles. The van der Waals surface area contributed by atoms with E-state index in [1.54, 1.807) is 23.2 Å². The third-order valence-corrected chi connectivity index (χ3v) is 4.83. The monoisotopic (exact) mass is 326 g/mol. The van der Waals surface area contributed by atoms with Crippen molar-refractivity contribution in [2.24, 2.45) is 0 Å². The van der Waals surface area contributed by atoms with E-state index in [1.165, 1.54) is 10.4 Å². The van der Waals surface area contributed by atoms with Gasteiger partial charge in [0, 0.05) is 17.5 Å². The summed E-state index contributed by atoms with van der Waals surface area (Å²) >= 11 is 1.66. The lowest BCUT2D eigenvalue weighted by atomic mass is 10.1. The molecule has 0 fully saturated rings. The Morgan fingerprint density at radius 1 is 1.22 bits per heavy atom. The van der Waals surface area contributed by atoms with Gasteiger partial charge in [-0.25, -0.2) is 0 Å². The molecular weight excluding hydrogens is 308 g/mol. The van der Waals surface area contributed by atoms with Gasteiger partial charge in [0.25, 0.3) is 5.91 Å². The Labute approximate surface area is 139 Å². The molecule has 0 unspecified atom stereocenters. The summed E-state index contributed by atoms with van der Waals surface area (Å²) in [5, 5.41) is 6.13. The number of aromatic nitrogens is 1. The van der Waals surface area contributed by atoms with Gasteiger partial charge in [0.05, 0.1) is 6.54 Å². The van der Waals surface area contributed by atoms with Crippen molar-refractivity contribution in [2.45, 2.75) is 20.4 Å². The lowest BCUT2D eigenvalue weighted by Gasteiger charge is -2.17. The van der Waals surface area contributed by atoms with Gasteiger partial charge in [-0.05, 0) is 30.9 Å². The summed E-state index contributed by atoms with van der Waals surface area (Å²) in [7, 11) is 1.81. The first kappa shape index (κ1) is 15.5.